The molecule has 1 aliphatic rings. The van der Waals surface area contributed by atoms with Gasteiger partial charge in [-0.3, -0.25) is 9.48 Å². The third-order valence-electron chi connectivity index (χ3n) is 4.53. The molecule has 0 unspecified atom stereocenters. The Morgan fingerprint density at radius 3 is 3.08 bits per heavy atom. The minimum Gasteiger partial charge on any atom is -0.497 e. The molecule has 0 atom stereocenters. The topological polar surface area (TPSA) is 61.1 Å². The van der Waals surface area contributed by atoms with Gasteiger partial charge in [0.25, 0.3) is 0 Å². The van der Waals surface area contributed by atoms with E-state index in [1.165, 1.54) is 5.56 Å². The Balaban J connectivity index is 1.44. The van der Waals surface area contributed by atoms with Crippen molar-refractivity contribution in [1.82, 2.24) is 14.3 Å². The maximum atomic E-state index is 12.4. The number of fused-ring (bicyclic) bond motifs is 2. The van der Waals surface area contributed by atoms with E-state index in [9.17, 15) is 4.79 Å². The first-order valence-corrected chi connectivity index (χ1v) is 9.36. The first-order chi connectivity index (χ1) is 12.2. The van der Waals surface area contributed by atoms with Gasteiger partial charge in [-0.2, -0.15) is 16.9 Å². The Hall–Kier alpha value is -2.41. The van der Waals surface area contributed by atoms with Gasteiger partial charge in [0.15, 0.2) is 0 Å². The summed E-state index contributed by atoms with van der Waals surface area (Å²) in [6.45, 7) is 0.635. The molecule has 25 heavy (non-hydrogen) atoms. The second-order valence-electron chi connectivity index (χ2n) is 6.12. The van der Waals surface area contributed by atoms with Crippen LogP contribution >= 0.6 is 11.8 Å². The average molecular weight is 356 g/mol. The summed E-state index contributed by atoms with van der Waals surface area (Å²) in [4.78, 5) is 12.4. The van der Waals surface area contributed by atoms with Crippen molar-refractivity contribution in [2.45, 2.75) is 24.5 Å². The second kappa shape index (κ2) is 6.48. The summed E-state index contributed by atoms with van der Waals surface area (Å²) in [5.41, 5.74) is 3.36. The van der Waals surface area contributed by atoms with E-state index in [4.69, 9.17) is 4.74 Å². The molecule has 7 heteroatoms. The van der Waals surface area contributed by atoms with Crippen LogP contribution in [0.15, 0.2) is 30.5 Å². The minimum absolute atomic E-state index is 0.0121. The molecule has 3 aromatic rings. The smallest absolute Gasteiger partial charge is 0.227 e. The number of rotatable bonds is 5. The first-order valence-electron chi connectivity index (χ1n) is 8.21. The van der Waals surface area contributed by atoms with Crippen molar-refractivity contribution < 1.29 is 9.53 Å². The summed E-state index contributed by atoms with van der Waals surface area (Å²) in [5.74, 6) is 3.54. The maximum Gasteiger partial charge on any atom is 0.227 e. The number of methoxy groups -OCH3 is 1. The molecule has 0 radical (unpaired) electrons. The molecule has 1 N–H and O–H groups in total. The van der Waals surface area contributed by atoms with Gasteiger partial charge < -0.3 is 14.6 Å². The highest BCUT2D eigenvalue weighted by Crippen LogP contribution is 2.34. The van der Waals surface area contributed by atoms with Crippen LogP contribution in [0.4, 0.5) is 5.82 Å². The monoisotopic (exact) mass is 356 g/mol. The molecule has 0 aliphatic carbocycles. The summed E-state index contributed by atoms with van der Waals surface area (Å²) in [5, 5.41) is 8.62. The number of aromatic nitrogens is 3. The molecule has 4 rings (SSSR count). The molecule has 1 aromatic carbocycles. The van der Waals surface area contributed by atoms with Crippen molar-refractivity contribution in [1.29, 1.82) is 0 Å². The third kappa shape index (κ3) is 3.00. The van der Waals surface area contributed by atoms with Crippen LogP contribution in [0.2, 0.25) is 0 Å². The predicted octanol–water partition coefficient (Wildman–Crippen LogP) is 3.16. The molecule has 0 fully saturated rings. The number of amides is 1. The Kier molecular flexibility index (Phi) is 4.17. The van der Waals surface area contributed by atoms with Crippen molar-refractivity contribution in [3.8, 4) is 5.75 Å². The molecule has 6 nitrogen and oxygen atoms in total. The van der Waals surface area contributed by atoms with Gasteiger partial charge >= 0.3 is 0 Å². The van der Waals surface area contributed by atoms with Crippen molar-refractivity contribution in [3.05, 3.63) is 41.7 Å². The minimum atomic E-state index is 0.0121. The number of anilines is 1. The Bertz CT molecular complexity index is 944. The zero-order chi connectivity index (χ0) is 17.4. The van der Waals surface area contributed by atoms with E-state index in [1.807, 2.05) is 49.3 Å². The van der Waals surface area contributed by atoms with Crippen molar-refractivity contribution in [2.24, 2.45) is 7.05 Å². The Morgan fingerprint density at radius 1 is 1.36 bits per heavy atom. The van der Waals surface area contributed by atoms with Gasteiger partial charge in [-0.1, -0.05) is 0 Å². The quantitative estimate of drug-likeness (QED) is 0.763. The van der Waals surface area contributed by atoms with E-state index >= 15 is 0 Å². The normalized spacial score (nSPS) is 13.2. The van der Waals surface area contributed by atoms with E-state index in [1.54, 1.807) is 11.8 Å². The molecule has 3 heterocycles. The van der Waals surface area contributed by atoms with Crippen LogP contribution in [0.25, 0.3) is 10.9 Å². The van der Waals surface area contributed by atoms with Crippen molar-refractivity contribution in [2.75, 3.05) is 12.4 Å². The predicted molar refractivity (Wildman–Crippen MR) is 99.9 cm³/mol. The van der Waals surface area contributed by atoms with Crippen LogP contribution in [0.1, 0.15) is 17.7 Å². The van der Waals surface area contributed by atoms with Crippen LogP contribution in [-0.4, -0.2) is 27.4 Å². The number of ether oxygens (including phenoxy) is 1. The summed E-state index contributed by atoms with van der Waals surface area (Å²) in [6.07, 6.45) is 2.43. The zero-order valence-electron chi connectivity index (χ0n) is 14.3. The lowest BCUT2D eigenvalue weighted by molar-refractivity contribution is -0.116. The number of thioether (sulfide) groups is 1. The molecule has 0 bridgehead atoms. The second-order valence-corrected chi connectivity index (χ2v) is 7.11. The van der Waals surface area contributed by atoms with E-state index in [0.717, 1.165) is 39.7 Å². The molecule has 1 aliphatic heterocycles. The van der Waals surface area contributed by atoms with Crippen molar-refractivity contribution in [3.63, 3.8) is 0 Å². The highest BCUT2D eigenvalue weighted by atomic mass is 32.2. The summed E-state index contributed by atoms with van der Waals surface area (Å²) < 4.78 is 9.13. The molecule has 0 saturated carbocycles. The van der Waals surface area contributed by atoms with E-state index in [-0.39, 0.29) is 5.91 Å². The zero-order valence-corrected chi connectivity index (χ0v) is 15.1. The number of benzene rings is 1. The molecule has 0 spiro atoms. The highest BCUT2D eigenvalue weighted by Gasteiger charge is 2.22. The highest BCUT2D eigenvalue weighted by molar-refractivity contribution is 7.98. The van der Waals surface area contributed by atoms with Crippen LogP contribution in [0.5, 0.6) is 5.75 Å². The number of hydrogen-bond acceptors (Lipinski definition) is 4. The van der Waals surface area contributed by atoms with Crippen LogP contribution in [-0.2, 0) is 29.9 Å². The lowest BCUT2D eigenvalue weighted by Gasteiger charge is -2.09. The van der Waals surface area contributed by atoms with Gasteiger partial charge in [0, 0.05) is 54.2 Å². The van der Waals surface area contributed by atoms with Crippen LogP contribution in [0.3, 0.4) is 0 Å². The van der Waals surface area contributed by atoms with Gasteiger partial charge in [-0.05, 0) is 24.3 Å². The molecule has 0 saturated heterocycles. The summed E-state index contributed by atoms with van der Waals surface area (Å²) in [6, 6.07) is 8.01. The molecular formula is C18H20N4O2S. The molecular weight excluding hydrogens is 336 g/mol. The van der Waals surface area contributed by atoms with Crippen LogP contribution in [0, 0.1) is 0 Å². The fourth-order valence-electron chi connectivity index (χ4n) is 3.21. The van der Waals surface area contributed by atoms with Gasteiger partial charge in [-0.25, -0.2) is 0 Å². The SMILES string of the molecule is COc1ccc2c(ccn2CCC(=O)Nc2c3c(nn2C)CSC3)c1. The van der Waals surface area contributed by atoms with Crippen LogP contribution < -0.4 is 10.1 Å². The van der Waals surface area contributed by atoms with E-state index in [0.29, 0.717) is 13.0 Å². The third-order valence-corrected chi connectivity index (χ3v) is 5.50. The lowest BCUT2D eigenvalue weighted by atomic mass is 10.2. The largest absolute Gasteiger partial charge is 0.497 e. The number of aryl methyl sites for hydroxylation is 2. The number of carbonyl (C=O) groups excluding carboxylic acids is 1. The van der Waals surface area contributed by atoms with E-state index in [2.05, 4.69) is 15.0 Å². The van der Waals surface area contributed by atoms with Gasteiger partial charge in [0.2, 0.25) is 5.91 Å². The molecule has 130 valence electrons. The van der Waals surface area contributed by atoms with E-state index < -0.39 is 0 Å². The van der Waals surface area contributed by atoms with Crippen molar-refractivity contribution >= 4 is 34.4 Å². The number of hydrogen-bond donors (Lipinski definition) is 1. The molecule has 1 amide bonds. The summed E-state index contributed by atoms with van der Waals surface area (Å²) >= 11 is 1.83. The summed E-state index contributed by atoms with van der Waals surface area (Å²) in [7, 11) is 3.54. The molecule has 2 aromatic heterocycles. The average Bonchev–Trinajstić information content (AvgIpc) is 3.29. The Morgan fingerprint density at radius 2 is 2.24 bits per heavy atom. The first kappa shape index (κ1) is 16.1. The number of nitrogens with zero attached hydrogens (tertiary/aromatic N) is 3. The lowest BCUT2D eigenvalue weighted by Crippen LogP contribution is -2.17. The standard InChI is InChI=1S/C18H20N4O2S/c1-21-18(14-10-25-11-15(14)20-21)19-17(23)6-8-22-7-5-12-9-13(24-2)3-4-16(12)22/h3-5,7,9H,6,8,10-11H2,1-2H3,(H,19,23). The fraction of sp³-hybridized carbons (Fsp3) is 0.333. The number of nitrogens with one attached hydrogen (secondary N) is 1. The number of carbonyl (C=O) groups is 1. The Labute approximate surface area is 150 Å². The van der Waals surface area contributed by atoms with Gasteiger partial charge in [0.05, 0.1) is 12.8 Å². The fourth-order valence-corrected chi connectivity index (χ4v) is 4.25. The van der Waals surface area contributed by atoms with Gasteiger partial charge in [0.1, 0.15) is 11.6 Å². The maximum absolute atomic E-state index is 12.4. The van der Waals surface area contributed by atoms with Gasteiger partial charge in [-0.15, -0.1) is 0 Å².